The molecule has 3 aromatic rings. The van der Waals surface area contributed by atoms with Crippen molar-refractivity contribution in [3.63, 3.8) is 0 Å². The fourth-order valence-electron chi connectivity index (χ4n) is 3.97. The smallest absolute Gasteiger partial charge is 0.253 e. The van der Waals surface area contributed by atoms with E-state index in [1.807, 2.05) is 49.7 Å². The molecule has 0 aliphatic heterocycles. The largest absolute Gasteiger partial charge is 0.337 e. The zero-order chi connectivity index (χ0) is 24.3. The van der Waals surface area contributed by atoms with Gasteiger partial charge in [0.15, 0.2) is 0 Å². The molecule has 3 rings (SSSR count). The Bertz CT molecular complexity index is 1260. The Morgan fingerprint density at radius 1 is 1.00 bits per heavy atom. The topological polar surface area (TPSA) is 75.5 Å². The van der Waals surface area contributed by atoms with Crippen LogP contribution >= 0.6 is 0 Å². The average molecular weight is 469 g/mol. The summed E-state index contributed by atoms with van der Waals surface area (Å²) in [6.45, 7) is 10.7. The van der Waals surface area contributed by atoms with Gasteiger partial charge >= 0.3 is 0 Å². The summed E-state index contributed by atoms with van der Waals surface area (Å²) < 4.78 is 29.0. The molecule has 0 saturated heterocycles. The fraction of sp³-hybridized carbons (Fsp3) is 0.360. The van der Waals surface area contributed by atoms with Gasteiger partial charge in [-0.2, -0.15) is 9.40 Å². The molecule has 0 aliphatic rings. The van der Waals surface area contributed by atoms with Gasteiger partial charge in [0.25, 0.3) is 5.91 Å². The Hall–Kier alpha value is -2.97. The minimum absolute atomic E-state index is 0.130. The third-order valence-corrected chi connectivity index (χ3v) is 8.00. The van der Waals surface area contributed by atoms with Crippen molar-refractivity contribution in [3.8, 4) is 5.69 Å². The Labute approximate surface area is 196 Å². The predicted octanol–water partition coefficient (Wildman–Crippen LogP) is 4.10. The molecule has 0 N–H and O–H groups in total. The molecule has 0 atom stereocenters. The van der Waals surface area contributed by atoms with Crippen LogP contribution in [0.2, 0.25) is 0 Å². The zero-order valence-electron chi connectivity index (χ0n) is 20.2. The Kier molecular flexibility index (Phi) is 7.39. The van der Waals surface area contributed by atoms with E-state index in [0.717, 1.165) is 28.2 Å². The number of sulfonamides is 1. The van der Waals surface area contributed by atoms with Crippen LogP contribution in [-0.2, 0) is 16.6 Å². The average Bonchev–Trinajstić information content (AvgIpc) is 3.07. The van der Waals surface area contributed by atoms with E-state index in [-0.39, 0.29) is 10.8 Å². The van der Waals surface area contributed by atoms with Crippen LogP contribution in [0.5, 0.6) is 0 Å². The van der Waals surface area contributed by atoms with Gasteiger partial charge in [-0.1, -0.05) is 38.1 Å². The van der Waals surface area contributed by atoms with Gasteiger partial charge in [-0.25, -0.2) is 13.1 Å². The van der Waals surface area contributed by atoms with Gasteiger partial charge in [-0.15, -0.1) is 0 Å². The van der Waals surface area contributed by atoms with E-state index < -0.39 is 10.0 Å². The number of carbonyl (C=O) groups excluding carboxylic acids is 1. The quantitative estimate of drug-likeness (QED) is 0.499. The molecule has 0 saturated carbocycles. The highest BCUT2D eigenvalue weighted by molar-refractivity contribution is 7.89. The number of hydrogen-bond acceptors (Lipinski definition) is 4. The summed E-state index contributed by atoms with van der Waals surface area (Å²) >= 11 is 0. The number of amides is 1. The molecule has 0 spiro atoms. The number of aryl methyl sites for hydroxylation is 2. The van der Waals surface area contributed by atoms with E-state index in [4.69, 9.17) is 5.10 Å². The van der Waals surface area contributed by atoms with Crippen molar-refractivity contribution in [2.45, 2.75) is 46.1 Å². The number of para-hydroxylation sites is 1. The highest BCUT2D eigenvalue weighted by Gasteiger charge is 2.24. The maximum atomic E-state index is 13.2. The van der Waals surface area contributed by atoms with Crippen LogP contribution in [0, 0.1) is 20.8 Å². The highest BCUT2D eigenvalue weighted by Crippen LogP contribution is 2.23. The highest BCUT2D eigenvalue weighted by atomic mass is 32.2. The van der Waals surface area contributed by atoms with Crippen molar-refractivity contribution in [3.05, 3.63) is 76.6 Å². The van der Waals surface area contributed by atoms with Gasteiger partial charge in [0.1, 0.15) is 0 Å². The fourth-order valence-corrected chi connectivity index (χ4v) is 5.48. The number of carbonyl (C=O) groups is 1. The zero-order valence-corrected chi connectivity index (χ0v) is 21.0. The lowest BCUT2D eigenvalue weighted by atomic mass is 10.1. The Balaban J connectivity index is 1.88. The first kappa shape index (κ1) is 24.7. The van der Waals surface area contributed by atoms with Gasteiger partial charge in [-0.3, -0.25) is 4.79 Å². The van der Waals surface area contributed by atoms with Gasteiger partial charge in [0.05, 0.1) is 16.3 Å². The molecular weight excluding hydrogens is 436 g/mol. The summed E-state index contributed by atoms with van der Waals surface area (Å²) in [7, 11) is -1.92. The number of hydrogen-bond donors (Lipinski definition) is 0. The summed E-state index contributed by atoms with van der Waals surface area (Å²) in [5.74, 6) is -0.242. The molecule has 7 nitrogen and oxygen atoms in total. The van der Waals surface area contributed by atoms with Crippen LogP contribution in [0.15, 0.2) is 53.4 Å². The van der Waals surface area contributed by atoms with Crippen molar-refractivity contribution in [1.82, 2.24) is 19.0 Å². The van der Waals surface area contributed by atoms with E-state index >= 15 is 0 Å². The van der Waals surface area contributed by atoms with E-state index in [2.05, 4.69) is 0 Å². The van der Waals surface area contributed by atoms with Crippen LogP contribution in [-0.4, -0.2) is 53.4 Å². The van der Waals surface area contributed by atoms with Crippen molar-refractivity contribution in [2.24, 2.45) is 0 Å². The van der Waals surface area contributed by atoms with Crippen molar-refractivity contribution in [1.29, 1.82) is 0 Å². The monoisotopic (exact) mass is 468 g/mol. The first-order valence-electron chi connectivity index (χ1n) is 11.1. The van der Waals surface area contributed by atoms with E-state index in [9.17, 15) is 13.2 Å². The standard InChI is InChI=1S/C25H32N4O3S/c1-7-28(8-2)33(31,32)22-14-11-13-21(16-22)25(30)27(6)17-23-19(4)26-29(20(23)5)24-15-10-9-12-18(24)3/h9-16H,7-8,17H2,1-6H3. The van der Waals surface area contributed by atoms with Gasteiger partial charge in [0.2, 0.25) is 10.0 Å². The first-order valence-corrected chi connectivity index (χ1v) is 12.5. The molecule has 0 fully saturated rings. The summed E-state index contributed by atoms with van der Waals surface area (Å²) in [6.07, 6.45) is 0. The number of rotatable bonds is 8. The summed E-state index contributed by atoms with van der Waals surface area (Å²) in [4.78, 5) is 14.9. The maximum absolute atomic E-state index is 13.2. The van der Waals surface area contributed by atoms with Gasteiger partial charge < -0.3 is 4.90 Å². The second-order valence-corrected chi connectivity index (χ2v) is 10.1. The summed E-state index contributed by atoms with van der Waals surface area (Å²) in [5, 5.41) is 4.70. The molecule has 1 aromatic heterocycles. The lowest BCUT2D eigenvalue weighted by Crippen LogP contribution is -2.31. The van der Waals surface area contributed by atoms with Crippen LogP contribution in [0.1, 0.15) is 46.7 Å². The molecule has 8 heteroatoms. The lowest BCUT2D eigenvalue weighted by Gasteiger charge is -2.20. The molecule has 33 heavy (non-hydrogen) atoms. The van der Waals surface area contributed by atoms with Crippen molar-refractivity contribution < 1.29 is 13.2 Å². The summed E-state index contributed by atoms with van der Waals surface area (Å²) in [5.41, 5.74) is 5.26. The SMILES string of the molecule is CCN(CC)S(=O)(=O)c1cccc(C(=O)N(C)Cc2c(C)nn(-c3ccccc3C)c2C)c1. The minimum atomic E-state index is -3.64. The second-order valence-electron chi connectivity index (χ2n) is 8.13. The van der Waals surface area contributed by atoms with Crippen LogP contribution in [0.4, 0.5) is 0 Å². The molecule has 0 aliphatic carbocycles. The van der Waals surface area contributed by atoms with E-state index in [1.54, 1.807) is 37.9 Å². The molecule has 176 valence electrons. The maximum Gasteiger partial charge on any atom is 0.253 e. The van der Waals surface area contributed by atoms with Crippen LogP contribution in [0.3, 0.4) is 0 Å². The second kappa shape index (κ2) is 9.89. The lowest BCUT2D eigenvalue weighted by molar-refractivity contribution is 0.0784. The van der Waals surface area contributed by atoms with Crippen LogP contribution in [0.25, 0.3) is 5.69 Å². The number of nitrogens with zero attached hydrogens (tertiary/aromatic N) is 4. The molecule has 1 heterocycles. The molecule has 0 unspecified atom stereocenters. The molecule has 2 aromatic carbocycles. The summed E-state index contributed by atoms with van der Waals surface area (Å²) in [6, 6.07) is 14.3. The predicted molar refractivity (Wildman–Crippen MR) is 130 cm³/mol. The van der Waals surface area contributed by atoms with E-state index in [1.165, 1.54) is 16.4 Å². The molecule has 0 radical (unpaired) electrons. The Morgan fingerprint density at radius 3 is 2.30 bits per heavy atom. The van der Waals surface area contributed by atoms with E-state index in [0.29, 0.717) is 25.2 Å². The molecule has 0 bridgehead atoms. The third kappa shape index (κ3) is 4.86. The van der Waals surface area contributed by atoms with Crippen molar-refractivity contribution in [2.75, 3.05) is 20.1 Å². The molecular formula is C25H32N4O3S. The van der Waals surface area contributed by atoms with Crippen molar-refractivity contribution >= 4 is 15.9 Å². The minimum Gasteiger partial charge on any atom is -0.337 e. The Morgan fingerprint density at radius 2 is 1.67 bits per heavy atom. The normalized spacial score (nSPS) is 11.7. The first-order chi connectivity index (χ1) is 15.6. The number of benzene rings is 2. The third-order valence-electron chi connectivity index (χ3n) is 5.95. The van der Waals surface area contributed by atoms with Crippen LogP contribution < -0.4 is 0 Å². The van der Waals surface area contributed by atoms with Gasteiger partial charge in [0, 0.05) is 43.5 Å². The molecule has 1 amide bonds. The number of aromatic nitrogens is 2. The van der Waals surface area contributed by atoms with Gasteiger partial charge in [-0.05, 0) is 50.6 Å².